The Labute approximate surface area is 100 Å². The van der Waals surface area contributed by atoms with Crippen LogP contribution >= 0.6 is 15.9 Å². The van der Waals surface area contributed by atoms with Gasteiger partial charge in [-0.25, -0.2) is 10.2 Å². The molecule has 0 unspecified atom stereocenters. The van der Waals surface area contributed by atoms with Gasteiger partial charge in [-0.3, -0.25) is 5.01 Å². The third kappa shape index (κ3) is 3.77. The first-order valence-electron chi connectivity index (χ1n) is 4.28. The highest BCUT2D eigenvalue weighted by Crippen LogP contribution is 2.16. The summed E-state index contributed by atoms with van der Waals surface area (Å²) in [6.45, 7) is -0.482. The fraction of sp³-hybridized carbons (Fsp3) is 0.111. The van der Waals surface area contributed by atoms with Crippen LogP contribution in [0.3, 0.4) is 0 Å². The number of hydrogen-bond acceptors (Lipinski definition) is 4. The third-order valence-corrected chi connectivity index (χ3v) is 2.20. The zero-order valence-corrected chi connectivity index (χ0v) is 9.73. The zero-order valence-electron chi connectivity index (χ0n) is 8.14. The minimum atomic E-state index is -1.32. The number of primary amides is 1. The summed E-state index contributed by atoms with van der Waals surface area (Å²) in [6, 6.07) is 5.83. The van der Waals surface area contributed by atoms with E-state index in [4.69, 9.17) is 5.73 Å². The number of nitrogens with zero attached hydrogens (tertiary/aromatic N) is 1. The molecule has 16 heavy (non-hydrogen) atoms. The highest BCUT2D eigenvalue weighted by molar-refractivity contribution is 9.10. The fourth-order valence-electron chi connectivity index (χ4n) is 1.08. The smallest absolute Gasteiger partial charge is 0.330 e. The molecule has 0 bridgehead atoms. The summed E-state index contributed by atoms with van der Waals surface area (Å²) < 4.78 is 0.837. The number of hydrogen-bond donors (Lipinski definition) is 2. The number of anilines is 1. The molecule has 0 fully saturated rings. The van der Waals surface area contributed by atoms with Gasteiger partial charge in [-0.1, -0.05) is 15.9 Å². The molecule has 0 aliphatic rings. The molecule has 1 rings (SSSR count). The monoisotopic (exact) mass is 286 g/mol. The topological polar surface area (TPSA) is 98.5 Å². The quantitative estimate of drug-likeness (QED) is 0.735. The lowest BCUT2D eigenvalue weighted by Gasteiger charge is -2.24. The molecular weight excluding hydrogens is 278 g/mol. The van der Waals surface area contributed by atoms with E-state index in [9.17, 15) is 14.7 Å². The van der Waals surface area contributed by atoms with Crippen LogP contribution in [0.4, 0.5) is 10.5 Å². The first kappa shape index (κ1) is 12.3. The van der Waals surface area contributed by atoms with Gasteiger partial charge in [0, 0.05) is 4.47 Å². The van der Waals surface area contributed by atoms with E-state index in [1.807, 2.05) is 0 Å². The van der Waals surface area contributed by atoms with Crippen molar-refractivity contribution < 1.29 is 14.7 Å². The number of rotatable bonds is 4. The summed E-state index contributed by atoms with van der Waals surface area (Å²) in [7, 11) is 0. The standard InChI is InChI=1S/C9H10BrN3O3/c10-6-1-3-7(4-2-6)13(5-8(14)15)12-9(11)16/h1-4H,5H2,(H,14,15)(H3,11,12,16)/p-1. The highest BCUT2D eigenvalue weighted by atomic mass is 79.9. The average Bonchev–Trinajstić information content (AvgIpc) is 2.16. The van der Waals surface area contributed by atoms with Gasteiger partial charge in [-0.2, -0.15) is 0 Å². The Morgan fingerprint density at radius 1 is 1.38 bits per heavy atom. The van der Waals surface area contributed by atoms with E-state index in [2.05, 4.69) is 21.4 Å². The number of nitrogens with one attached hydrogen (secondary N) is 1. The Morgan fingerprint density at radius 2 is 1.94 bits per heavy atom. The molecule has 0 saturated heterocycles. The number of carboxylic acids is 1. The molecule has 0 spiro atoms. The normalized spacial score (nSPS) is 9.56. The number of carbonyl (C=O) groups excluding carboxylic acids is 2. The Kier molecular flexibility index (Phi) is 4.12. The molecule has 0 atom stereocenters. The van der Waals surface area contributed by atoms with E-state index in [1.165, 1.54) is 0 Å². The van der Waals surface area contributed by atoms with Gasteiger partial charge in [0.25, 0.3) is 0 Å². The summed E-state index contributed by atoms with van der Waals surface area (Å²) in [5.41, 5.74) is 7.60. The first-order valence-corrected chi connectivity index (χ1v) is 5.07. The van der Waals surface area contributed by atoms with Crippen LogP contribution in [0, 0.1) is 0 Å². The van der Waals surface area contributed by atoms with Crippen LogP contribution in [0.1, 0.15) is 0 Å². The number of aliphatic carboxylic acids is 1. The molecule has 0 aliphatic carbocycles. The van der Waals surface area contributed by atoms with E-state index in [-0.39, 0.29) is 0 Å². The Morgan fingerprint density at radius 3 is 2.38 bits per heavy atom. The molecule has 86 valence electrons. The lowest BCUT2D eigenvalue weighted by molar-refractivity contribution is -0.303. The minimum Gasteiger partial charge on any atom is -0.548 e. The maximum Gasteiger partial charge on any atom is 0.330 e. The van der Waals surface area contributed by atoms with Gasteiger partial charge >= 0.3 is 6.03 Å². The number of nitrogens with two attached hydrogens (primary N) is 1. The summed E-state index contributed by atoms with van der Waals surface area (Å²) in [6.07, 6.45) is 0. The molecule has 7 heteroatoms. The van der Waals surface area contributed by atoms with Crippen molar-refractivity contribution in [3.63, 3.8) is 0 Å². The van der Waals surface area contributed by atoms with Crippen LogP contribution in [-0.4, -0.2) is 18.5 Å². The third-order valence-electron chi connectivity index (χ3n) is 1.67. The van der Waals surface area contributed by atoms with Gasteiger partial charge < -0.3 is 15.6 Å². The molecule has 2 amide bonds. The Hall–Kier alpha value is -1.76. The van der Waals surface area contributed by atoms with Crippen LogP contribution in [0.2, 0.25) is 0 Å². The van der Waals surface area contributed by atoms with Crippen LogP contribution in [0.25, 0.3) is 0 Å². The number of urea groups is 1. The minimum absolute atomic E-state index is 0.482. The number of benzene rings is 1. The van der Waals surface area contributed by atoms with Crippen molar-refractivity contribution in [3.8, 4) is 0 Å². The molecule has 6 nitrogen and oxygen atoms in total. The second kappa shape index (κ2) is 5.36. The first-order chi connectivity index (χ1) is 7.49. The van der Waals surface area contributed by atoms with Gasteiger partial charge in [0.15, 0.2) is 0 Å². The van der Waals surface area contributed by atoms with Crippen molar-refractivity contribution in [2.45, 2.75) is 0 Å². The second-order valence-electron chi connectivity index (χ2n) is 2.91. The summed E-state index contributed by atoms with van der Waals surface area (Å²) in [5.74, 6) is -1.32. The van der Waals surface area contributed by atoms with Crippen LogP contribution < -0.4 is 21.3 Å². The fourth-order valence-corrected chi connectivity index (χ4v) is 1.34. The number of halogens is 1. The van der Waals surface area contributed by atoms with Crippen molar-refractivity contribution in [1.29, 1.82) is 0 Å². The SMILES string of the molecule is NC(=O)NN(CC(=O)[O-])c1ccc(Br)cc1. The zero-order chi connectivity index (χ0) is 12.1. The van der Waals surface area contributed by atoms with Gasteiger partial charge in [0.2, 0.25) is 0 Å². The predicted molar refractivity (Wildman–Crippen MR) is 59.2 cm³/mol. The van der Waals surface area contributed by atoms with E-state index in [0.717, 1.165) is 9.48 Å². The van der Waals surface area contributed by atoms with E-state index < -0.39 is 18.5 Å². The predicted octanol–water partition coefficient (Wildman–Crippen LogP) is -0.411. The lowest BCUT2D eigenvalue weighted by atomic mass is 10.3. The van der Waals surface area contributed by atoms with Crippen molar-refractivity contribution in [2.24, 2.45) is 5.73 Å². The van der Waals surface area contributed by atoms with Crippen LogP contribution in [0.15, 0.2) is 28.7 Å². The Balaban J connectivity index is 2.86. The van der Waals surface area contributed by atoms with Crippen molar-refractivity contribution in [2.75, 3.05) is 11.6 Å². The molecule has 0 saturated carbocycles. The van der Waals surface area contributed by atoms with Crippen molar-refractivity contribution in [3.05, 3.63) is 28.7 Å². The maximum absolute atomic E-state index is 10.7. The number of carboxylic acid groups (broad SMARTS) is 1. The summed E-state index contributed by atoms with van der Waals surface area (Å²) in [5, 5.41) is 11.6. The highest BCUT2D eigenvalue weighted by Gasteiger charge is 2.08. The van der Waals surface area contributed by atoms with Gasteiger partial charge in [0.05, 0.1) is 18.2 Å². The molecule has 0 aromatic heterocycles. The molecule has 0 aliphatic heterocycles. The largest absolute Gasteiger partial charge is 0.548 e. The summed E-state index contributed by atoms with van der Waals surface area (Å²) >= 11 is 3.24. The average molecular weight is 287 g/mol. The molecule has 3 N–H and O–H groups in total. The van der Waals surface area contributed by atoms with E-state index in [1.54, 1.807) is 24.3 Å². The molecule has 0 heterocycles. The summed E-state index contributed by atoms with van der Waals surface area (Å²) in [4.78, 5) is 21.2. The number of amides is 2. The van der Waals surface area contributed by atoms with Crippen LogP contribution in [0.5, 0.6) is 0 Å². The van der Waals surface area contributed by atoms with E-state index >= 15 is 0 Å². The maximum atomic E-state index is 10.7. The van der Waals surface area contributed by atoms with Crippen LogP contribution in [-0.2, 0) is 4.79 Å². The molecular formula is C9H9BrN3O3-. The molecule has 1 aromatic carbocycles. The number of hydrazine groups is 1. The van der Waals surface area contributed by atoms with Gasteiger partial charge in [-0.05, 0) is 24.3 Å². The van der Waals surface area contributed by atoms with E-state index in [0.29, 0.717) is 5.69 Å². The van der Waals surface area contributed by atoms with Crippen molar-refractivity contribution in [1.82, 2.24) is 5.43 Å². The van der Waals surface area contributed by atoms with Crippen molar-refractivity contribution >= 4 is 33.6 Å². The molecule has 1 aromatic rings. The lowest BCUT2D eigenvalue weighted by Crippen LogP contribution is -2.50. The second-order valence-corrected chi connectivity index (χ2v) is 3.83. The Bertz CT molecular complexity index is 377. The van der Waals surface area contributed by atoms with Gasteiger partial charge in [0.1, 0.15) is 0 Å². The number of carbonyl (C=O) groups is 2. The molecule has 0 radical (unpaired) electrons. The van der Waals surface area contributed by atoms with Gasteiger partial charge in [-0.15, -0.1) is 0 Å².